The molecule has 1 aliphatic carbocycles. The van der Waals surface area contributed by atoms with Crippen molar-refractivity contribution in [2.75, 3.05) is 13.3 Å². The summed E-state index contributed by atoms with van der Waals surface area (Å²) in [6, 6.07) is 0. The van der Waals surface area contributed by atoms with Crippen LogP contribution in [-0.2, 0) is 6.42 Å². The molecule has 2 rings (SSSR count). The molecule has 1 aromatic rings. The Balaban J connectivity index is 0.000000686. The Morgan fingerprint density at radius 2 is 2.06 bits per heavy atom. The number of ether oxygens (including phenoxy) is 1. The Hall–Kier alpha value is -1.19. The first kappa shape index (κ1) is 13.9. The van der Waals surface area contributed by atoms with Crippen molar-refractivity contribution >= 4 is 0 Å². The normalized spacial score (nSPS) is 13.9. The molecule has 3 nitrogen and oxygen atoms in total. The molecule has 0 aliphatic heterocycles. The molecule has 0 radical (unpaired) electrons. The Morgan fingerprint density at radius 3 is 2.59 bits per heavy atom. The van der Waals surface area contributed by atoms with Gasteiger partial charge in [-0.05, 0) is 19.3 Å². The minimum Gasteiger partial charge on any atom is -0.475 e. The van der Waals surface area contributed by atoms with Crippen LogP contribution in [0.2, 0.25) is 0 Å². The second kappa shape index (κ2) is 7.20. The number of hydrogen-bond donors (Lipinski definition) is 0. The molecule has 1 saturated carbocycles. The van der Waals surface area contributed by atoms with Crippen LogP contribution in [0.4, 0.5) is 4.39 Å². The van der Waals surface area contributed by atoms with E-state index < -0.39 is 6.67 Å². The second-order valence-corrected chi connectivity index (χ2v) is 3.71. The summed E-state index contributed by atoms with van der Waals surface area (Å²) in [6.07, 6.45) is 4.76. The summed E-state index contributed by atoms with van der Waals surface area (Å²) < 4.78 is 17.3. The third kappa shape index (κ3) is 3.65. The molecule has 0 bridgehead atoms. The van der Waals surface area contributed by atoms with Gasteiger partial charge in [0.15, 0.2) is 0 Å². The van der Waals surface area contributed by atoms with Crippen LogP contribution in [0.1, 0.15) is 50.8 Å². The van der Waals surface area contributed by atoms with E-state index in [0.29, 0.717) is 11.8 Å². The van der Waals surface area contributed by atoms with Gasteiger partial charge in [-0.2, -0.15) is 0 Å². The Labute approximate surface area is 102 Å². The SMILES string of the molecule is CC.CCc1c(OCCF)ncnc1C1CC1. The molecule has 0 saturated heterocycles. The average molecular weight is 240 g/mol. The number of hydrogen-bond acceptors (Lipinski definition) is 3. The van der Waals surface area contributed by atoms with Gasteiger partial charge in [0.1, 0.15) is 19.6 Å². The van der Waals surface area contributed by atoms with Gasteiger partial charge in [0.25, 0.3) is 0 Å². The second-order valence-electron chi connectivity index (χ2n) is 3.71. The molecule has 0 aromatic carbocycles. The van der Waals surface area contributed by atoms with Crippen molar-refractivity contribution in [3.05, 3.63) is 17.6 Å². The van der Waals surface area contributed by atoms with Gasteiger partial charge < -0.3 is 4.74 Å². The Bertz CT molecular complexity index is 340. The molecular weight excluding hydrogens is 219 g/mol. The van der Waals surface area contributed by atoms with Crippen LogP contribution >= 0.6 is 0 Å². The van der Waals surface area contributed by atoms with Gasteiger partial charge in [0, 0.05) is 11.5 Å². The third-order valence-electron chi connectivity index (χ3n) is 2.57. The molecule has 0 spiro atoms. The van der Waals surface area contributed by atoms with E-state index in [9.17, 15) is 4.39 Å². The standard InChI is InChI=1S/C11H15FN2O.C2H6/c1-2-9-10(8-3-4-8)13-7-14-11(9)15-6-5-12;1-2/h7-8H,2-6H2,1H3;1-2H3. The third-order valence-corrected chi connectivity index (χ3v) is 2.57. The molecule has 1 aromatic heterocycles. The quantitative estimate of drug-likeness (QED) is 0.792. The van der Waals surface area contributed by atoms with E-state index in [1.54, 1.807) is 0 Å². The minimum atomic E-state index is -0.480. The van der Waals surface area contributed by atoms with E-state index in [1.165, 1.54) is 19.2 Å². The zero-order valence-electron chi connectivity index (χ0n) is 10.9. The fourth-order valence-electron chi connectivity index (χ4n) is 1.71. The van der Waals surface area contributed by atoms with Crippen molar-refractivity contribution in [3.8, 4) is 5.88 Å². The molecule has 0 unspecified atom stereocenters. The number of halogens is 1. The zero-order valence-corrected chi connectivity index (χ0v) is 10.9. The lowest BCUT2D eigenvalue weighted by Gasteiger charge is -2.10. The highest BCUT2D eigenvalue weighted by Gasteiger charge is 2.28. The number of aromatic nitrogens is 2. The summed E-state index contributed by atoms with van der Waals surface area (Å²) in [5.41, 5.74) is 2.15. The van der Waals surface area contributed by atoms with Gasteiger partial charge in [0.2, 0.25) is 5.88 Å². The molecule has 17 heavy (non-hydrogen) atoms. The van der Waals surface area contributed by atoms with E-state index in [2.05, 4.69) is 9.97 Å². The average Bonchev–Trinajstić information content (AvgIpc) is 3.22. The highest BCUT2D eigenvalue weighted by molar-refractivity contribution is 5.34. The predicted molar refractivity (Wildman–Crippen MR) is 66.2 cm³/mol. The topological polar surface area (TPSA) is 35.0 Å². The fraction of sp³-hybridized carbons (Fsp3) is 0.692. The van der Waals surface area contributed by atoms with Crippen LogP contribution in [0, 0.1) is 0 Å². The van der Waals surface area contributed by atoms with Crippen LogP contribution in [0.15, 0.2) is 6.33 Å². The summed E-state index contributed by atoms with van der Waals surface area (Å²) in [4.78, 5) is 8.35. The summed E-state index contributed by atoms with van der Waals surface area (Å²) in [5.74, 6) is 1.14. The van der Waals surface area contributed by atoms with Gasteiger partial charge in [-0.15, -0.1) is 0 Å². The number of alkyl halides is 1. The van der Waals surface area contributed by atoms with Gasteiger partial charge in [-0.3, -0.25) is 0 Å². The van der Waals surface area contributed by atoms with Crippen molar-refractivity contribution < 1.29 is 9.13 Å². The molecule has 4 heteroatoms. The largest absolute Gasteiger partial charge is 0.475 e. The first-order valence-corrected chi connectivity index (χ1v) is 6.39. The van der Waals surface area contributed by atoms with Crippen molar-refractivity contribution in [2.45, 2.75) is 46.0 Å². The van der Waals surface area contributed by atoms with Crippen LogP contribution in [0.3, 0.4) is 0 Å². The fourth-order valence-corrected chi connectivity index (χ4v) is 1.71. The van der Waals surface area contributed by atoms with Crippen molar-refractivity contribution in [2.24, 2.45) is 0 Å². The highest BCUT2D eigenvalue weighted by atomic mass is 19.1. The zero-order chi connectivity index (χ0) is 12.7. The number of rotatable bonds is 5. The maximum absolute atomic E-state index is 12.0. The molecule has 0 N–H and O–H groups in total. The van der Waals surface area contributed by atoms with E-state index >= 15 is 0 Å². The van der Waals surface area contributed by atoms with Crippen LogP contribution in [0.5, 0.6) is 5.88 Å². The van der Waals surface area contributed by atoms with Crippen molar-refractivity contribution in [1.29, 1.82) is 0 Å². The first-order valence-electron chi connectivity index (χ1n) is 6.39. The summed E-state index contributed by atoms with van der Waals surface area (Å²) >= 11 is 0. The number of nitrogens with zero attached hydrogens (tertiary/aromatic N) is 2. The van der Waals surface area contributed by atoms with Gasteiger partial charge in [-0.1, -0.05) is 20.8 Å². The summed E-state index contributed by atoms with van der Waals surface area (Å²) in [7, 11) is 0. The lowest BCUT2D eigenvalue weighted by atomic mass is 10.1. The van der Waals surface area contributed by atoms with E-state index in [0.717, 1.165) is 17.7 Å². The van der Waals surface area contributed by atoms with Gasteiger partial charge >= 0.3 is 0 Å². The molecule has 0 atom stereocenters. The lowest BCUT2D eigenvalue weighted by Crippen LogP contribution is -2.06. The Kier molecular flexibility index (Phi) is 5.87. The maximum Gasteiger partial charge on any atom is 0.219 e. The van der Waals surface area contributed by atoms with Gasteiger partial charge in [-0.25, -0.2) is 14.4 Å². The summed E-state index contributed by atoms with van der Waals surface area (Å²) in [6.45, 7) is 5.65. The molecule has 1 heterocycles. The van der Waals surface area contributed by atoms with E-state index in [-0.39, 0.29) is 6.61 Å². The van der Waals surface area contributed by atoms with Crippen molar-refractivity contribution in [1.82, 2.24) is 9.97 Å². The monoisotopic (exact) mass is 240 g/mol. The minimum absolute atomic E-state index is 0.0775. The Morgan fingerprint density at radius 1 is 1.35 bits per heavy atom. The van der Waals surface area contributed by atoms with E-state index in [1.807, 2.05) is 20.8 Å². The molecule has 1 aliphatic rings. The molecule has 1 fully saturated rings. The van der Waals surface area contributed by atoms with E-state index in [4.69, 9.17) is 4.74 Å². The van der Waals surface area contributed by atoms with Crippen LogP contribution in [-0.4, -0.2) is 23.2 Å². The first-order chi connectivity index (χ1) is 8.36. The van der Waals surface area contributed by atoms with Crippen LogP contribution in [0.25, 0.3) is 0 Å². The van der Waals surface area contributed by atoms with Crippen molar-refractivity contribution in [3.63, 3.8) is 0 Å². The molecule has 96 valence electrons. The van der Waals surface area contributed by atoms with Crippen LogP contribution < -0.4 is 4.74 Å². The highest BCUT2D eigenvalue weighted by Crippen LogP contribution is 2.41. The lowest BCUT2D eigenvalue weighted by molar-refractivity contribution is 0.261. The summed E-state index contributed by atoms with van der Waals surface area (Å²) in [5, 5.41) is 0. The predicted octanol–water partition coefficient (Wildman–Crippen LogP) is 3.29. The smallest absolute Gasteiger partial charge is 0.219 e. The molecule has 0 amide bonds. The maximum atomic E-state index is 12.0. The van der Waals surface area contributed by atoms with Gasteiger partial charge in [0.05, 0.1) is 5.69 Å². The molecular formula is C13H21FN2O.